The first-order valence-corrected chi connectivity index (χ1v) is 7.79. The average Bonchev–Trinajstić information content (AvgIpc) is 2.35. The Morgan fingerprint density at radius 3 is 2.44 bits per heavy atom. The van der Waals surface area contributed by atoms with E-state index in [4.69, 9.17) is 0 Å². The van der Waals surface area contributed by atoms with Crippen LogP contribution in [0.2, 0.25) is 0 Å². The zero-order valence-electron chi connectivity index (χ0n) is 12.3. The van der Waals surface area contributed by atoms with E-state index >= 15 is 0 Å². The Kier molecular flexibility index (Phi) is 7.31. The predicted octanol–water partition coefficient (Wildman–Crippen LogP) is 5.30. The number of unbranched alkanes of at least 4 members (excludes halogenated alkanes) is 1. The van der Waals surface area contributed by atoms with Gasteiger partial charge < -0.3 is 0 Å². The lowest BCUT2D eigenvalue weighted by Gasteiger charge is -2.31. The molecule has 18 heavy (non-hydrogen) atoms. The number of rotatable bonds is 8. The van der Waals surface area contributed by atoms with Gasteiger partial charge in [0.15, 0.2) is 0 Å². The molecule has 0 aromatic heterocycles. The third kappa shape index (κ3) is 5.84. The van der Waals surface area contributed by atoms with E-state index < -0.39 is 0 Å². The van der Waals surface area contributed by atoms with Crippen LogP contribution in [0.15, 0.2) is 12.2 Å². The first-order chi connectivity index (χ1) is 8.63. The standard InChI is InChI=1S/C17H30O/c1-4-5-8-15-9-6-7-10-16(15)13-17(18)12-11-14(2)3/h15-16H,2,4-13H2,1,3H3. The summed E-state index contributed by atoms with van der Waals surface area (Å²) in [6.45, 7) is 8.15. The molecule has 0 radical (unpaired) electrons. The number of carbonyl (C=O) groups is 1. The van der Waals surface area contributed by atoms with Crippen LogP contribution in [0.25, 0.3) is 0 Å². The van der Waals surface area contributed by atoms with Gasteiger partial charge in [0, 0.05) is 12.8 Å². The van der Waals surface area contributed by atoms with Crippen molar-refractivity contribution >= 4 is 5.78 Å². The molecule has 0 saturated heterocycles. The highest BCUT2D eigenvalue weighted by molar-refractivity contribution is 5.78. The lowest BCUT2D eigenvalue weighted by Crippen LogP contribution is -2.22. The molecule has 0 heterocycles. The van der Waals surface area contributed by atoms with Crippen molar-refractivity contribution in [3.8, 4) is 0 Å². The second-order valence-electron chi connectivity index (χ2n) is 6.15. The van der Waals surface area contributed by atoms with Gasteiger partial charge in [0.25, 0.3) is 0 Å². The molecule has 1 aliphatic carbocycles. The third-order valence-corrected chi connectivity index (χ3v) is 4.32. The van der Waals surface area contributed by atoms with E-state index in [1.54, 1.807) is 0 Å². The first-order valence-electron chi connectivity index (χ1n) is 7.79. The van der Waals surface area contributed by atoms with E-state index in [1.165, 1.54) is 44.9 Å². The smallest absolute Gasteiger partial charge is 0.133 e. The molecule has 1 fully saturated rings. The molecule has 2 atom stereocenters. The Morgan fingerprint density at radius 2 is 1.83 bits per heavy atom. The maximum Gasteiger partial charge on any atom is 0.133 e. The van der Waals surface area contributed by atoms with Gasteiger partial charge in [-0.15, -0.1) is 6.58 Å². The van der Waals surface area contributed by atoms with Crippen molar-refractivity contribution in [2.75, 3.05) is 0 Å². The molecule has 104 valence electrons. The number of hydrogen-bond donors (Lipinski definition) is 0. The maximum absolute atomic E-state index is 12.0. The van der Waals surface area contributed by atoms with E-state index in [0.717, 1.165) is 24.3 Å². The van der Waals surface area contributed by atoms with Crippen LogP contribution in [0.4, 0.5) is 0 Å². The van der Waals surface area contributed by atoms with Crippen molar-refractivity contribution < 1.29 is 4.79 Å². The summed E-state index contributed by atoms with van der Waals surface area (Å²) in [5.74, 6) is 1.97. The number of ketones is 1. The highest BCUT2D eigenvalue weighted by Crippen LogP contribution is 2.36. The SMILES string of the molecule is C=C(C)CCC(=O)CC1CCCCC1CCCC. The molecule has 2 unspecified atom stereocenters. The van der Waals surface area contributed by atoms with Crippen LogP contribution < -0.4 is 0 Å². The summed E-state index contributed by atoms with van der Waals surface area (Å²) in [5.41, 5.74) is 1.13. The minimum absolute atomic E-state index is 0.464. The van der Waals surface area contributed by atoms with Gasteiger partial charge in [0.2, 0.25) is 0 Å². The molecule has 1 rings (SSSR count). The van der Waals surface area contributed by atoms with Crippen LogP contribution in [0.5, 0.6) is 0 Å². The topological polar surface area (TPSA) is 17.1 Å². The van der Waals surface area contributed by atoms with E-state index in [2.05, 4.69) is 13.5 Å². The monoisotopic (exact) mass is 250 g/mol. The summed E-state index contributed by atoms with van der Waals surface area (Å²) in [6, 6.07) is 0. The zero-order chi connectivity index (χ0) is 13.4. The molecule has 0 bridgehead atoms. The Morgan fingerprint density at radius 1 is 1.17 bits per heavy atom. The van der Waals surface area contributed by atoms with Gasteiger partial charge in [-0.05, 0) is 31.6 Å². The number of hydrogen-bond acceptors (Lipinski definition) is 1. The van der Waals surface area contributed by atoms with E-state index in [0.29, 0.717) is 18.1 Å². The number of Topliss-reactive ketones (excluding diaryl/α,β-unsaturated/α-hetero) is 1. The molecule has 0 N–H and O–H groups in total. The molecule has 0 spiro atoms. The molecule has 1 aliphatic rings. The second kappa shape index (κ2) is 8.50. The van der Waals surface area contributed by atoms with Crippen LogP contribution >= 0.6 is 0 Å². The summed E-state index contributed by atoms with van der Waals surface area (Å²) >= 11 is 0. The Balaban J connectivity index is 2.36. The van der Waals surface area contributed by atoms with Gasteiger partial charge in [-0.3, -0.25) is 4.79 Å². The summed E-state index contributed by atoms with van der Waals surface area (Å²) in [7, 11) is 0. The van der Waals surface area contributed by atoms with Crippen LogP contribution in [0.1, 0.15) is 78.1 Å². The minimum Gasteiger partial charge on any atom is -0.300 e. The molecular weight excluding hydrogens is 220 g/mol. The van der Waals surface area contributed by atoms with Gasteiger partial charge >= 0.3 is 0 Å². The quantitative estimate of drug-likeness (QED) is 0.534. The van der Waals surface area contributed by atoms with Gasteiger partial charge in [-0.1, -0.05) is 51.0 Å². The Bertz CT molecular complexity index is 267. The summed E-state index contributed by atoms with van der Waals surface area (Å²) in [4.78, 5) is 12.0. The molecule has 1 saturated carbocycles. The van der Waals surface area contributed by atoms with E-state index in [-0.39, 0.29) is 0 Å². The average molecular weight is 250 g/mol. The molecule has 0 aliphatic heterocycles. The Labute approximate surface area is 113 Å². The molecule has 1 nitrogen and oxygen atoms in total. The van der Waals surface area contributed by atoms with Gasteiger partial charge in [0.05, 0.1) is 0 Å². The Hall–Kier alpha value is -0.590. The summed E-state index contributed by atoms with van der Waals surface area (Å²) in [6.07, 6.45) is 11.7. The van der Waals surface area contributed by atoms with Crippen LogP contribution in [0.3, 0.4) is 0 Å². The fourth-order valence-corrected chi connectivity index (χ4v) is 3.15. The molecule has 1 heteroatoms. The fourth-order valence-electron chi connectivity index (χ4n) is 3.15. The van der Waals surface area contributed by atoms with Crippen molar-refractivity contribution in [3.05, 3.63) is 12.2 Å². The normalized spacial score (nSPS) is 23.9. The van der Waals surface area contributed by atoms with Crippen LogP contribution in [-0.2, 0) is 4.79 Å². The summed E-state index contributed by atoms with van der Waals surface area (Å²) < 4.78 is 0. The van der Waals surface area contributed by atoms with E-state index in [9.17, 15) is 4.79 Å². The predicted molar refractivity (Wildman–Crippen MR) is 78.6 cm³/mol. The number of carbonyl (C=O) groups excluding carboxylic acids is 1. The maximum atomic E-state index is 12.0. The molecule has 0 aromatic rings. The van der Waals surface area contributed by atoms with Crippen molar-refractivity contribution in [1.29, 1.82) is 0 Å². The third-order valence-electron chi connectivity index (χ3n) is 4.32. The molecule has 0 amide bonds. The minimum atomic E-state index is 0.464. The van der Waals surface area contributed by atoms with Crippen LogP contribution in [0, 0.1) is 11.8 Å². The van der Waals surface area contributed by atoms with Crippen molar-refractivity contribution in [3.63, 3.8) is 0 Å². The fraction of sp³-hybridized carbons (Fsp3) is 0.824. The highest BCUT2D eigenvalue weighted by atomic mass is 16.1. The van der Waals surface area contributed by atoms with Gasteiger partial charge in [-0.25, -0.2) is 0 Å². The van der Waals surface area contributed by atoms with Gasteiger partial charge in [-0.2, -0.15) is 0 Å². The van der Waals surface area contributed by atoms with E-state index in [1.807, 2.05) is 6.92 Å². The van der Waals surface area contributed by atoms with Crippen molar-refractivity contribution in [2.45, 2.75) is 78.1 Å². The molecule has 0 aromatic carbocycles. The van der Waals surface area contributed by atoms with Crippen LogP contribution in [-0.4, -0.2) is 5.78 Å². The highest BCUT2D eigenvalue weighted by Gasteiger charge is 2.26. The summed E-state index contributed by atoms with van der Waals surface area (Å²) in [5, 5.41) is 0. The second-order valence-corrected chi connectivity index (χ2v) is 6.15. The van der Waals surface area contributed by atoms with Gasteiger partial charge in [0.1, 0.15) is 5.78 Å². The number of allylic oxidation sites excluding steroid dienone is 1. The first kappa shape index (κ1) is 15.5. The lowest BCUT2D eigenvalue weighted by molar-refractivity contribution is -0.120. The molecular formula is C17H30O. The largest absolute Gasteiger partial charge is 0.300 e. The lowest BCUT2D eigenvalue weighted by atomic mass is 9.74. The van der Waals surface area contributed by atoms with Crippen molar-refractivity contribution in [1.82, 2.24) is 0 Å². The van der Waals surface area contributed by atoms with Crippen molar-refractivity contribution in [2.24, 2.45) is 11.8 Å². The zero-order valence-corrected chi connectivity index (χ0v) is 12.3.